The largest absolute Gasteiger partial charge is 0.461 e. The number of hydrogen-bond acceptors (Lipinski definition) is 3. The fourth-order valence-corrected chi connectivity index (χ4v) is 2.29. The average Bonchev–Trinajstić information content (AvgIpc) is 2.57. The van der Waals surface area contributed by atoms with E-state index >= 15 is 0 Å². The molecule has 3 heteroatoms. The van der Waals surface area contributed by atoms with Gasteiger partial charge in [-0.25, -0.2) is 0 Å². The van der Waals surface area contributed by atoms with Crippen molar-refractivity contribution >= 4 is 11.5 Å². The summed E-state index contributed by atoms with van der Waals surface area (Å²) in [5.41, 5.74) is 5.61. The quantitative estimate of drug-likeness (QED) is 0.557. The Labute approximate surface area is 143 Å². The molecular weight excluding hydrogens is 300 g/mol. The van der Waals surface area contributed by atoms with E-state index in [-0.39, 0.29) is 12.6 Å². The number of esters is 1. The van der Waals surface area contributed by atoms with Gasteiger partial charge in [-0.1, -0.05) is 54.6 Å². The number of carbonyl (C=O) groups excluding carboxylic acids is 1. The summed E-state index contributed by atoms with van der Waals surface area (Å²) in [5.74, 6) is -0.282. The zero-order valence-corrected chi connectivity index (χ0v) is 14.5. The molecule has 0 radical (unpaired) electrons. The molecule has 0 aliphatic carbocycles. The normalized spacial score (nSPS) is 11.4. The molecule has 2 rings (SSSR count). The summed E-state index contributed by atoms with van der Waals surface area (Å²) in [6.07, 6.45) is 1.98. The van der Waals surface area contributed by atoms with Crippen molar-refractivity contribution in [2.45, 2.75) is 27.4 Å². The van der Waals surface area contributed by atoms with Crippen LogP contribution in [0.15, 0.2) is 54.6 Å². The van der Waals surface area contributed by atoms with Crippen LogP contribution in [0, 0.1) is 13.8 Å². The predicted molar refractivity (Wildman–Crippen MR) is 96.6 cm³/mol. The number of hydrogen-bond donors (Lipinski definition) is 0. The van der Waals surface area contributed by atoms with Gasteiger partial charge in [-0.3, -0.25) is 4.79 Å². The maximum atomic E-state index is 11.1. The average molecular weight is 324 g/mol. The van der Waals surface area contributed by atoms with E-state index in [1.54, 1.807) is 0 Å². The topological polar surface area (TPSA) is 35.5 Å². The van der Waals surface area contributed by atoms with Gasteiger partial charge in [-0.05, 0) is 41.7 Å². The second-order valence-electron chi connectivity index (χ2n) is 5.81. The minimum atomic E-state index is -0.282. The predicted octanol–water partition coefficient (Wildman–Crippen LogP) is 4.47. The maximum Gasteiger partial charge on any atom is 0.302 e. The van der Waals surface area contributed by atoms with Crippen LogP contribution in [0.5, 0.6) is 0 Å². The first-order chi connectivity index (χ1) is 11.6. The molecule has 0 aromatic heterocycles. The summed E-state index contributed by atoms with van der Waals surface area (Å²) in [4.78, 5) is 11.1. The molecule has 2 aromatic rings. The van der Waals surface area contributed by atoms with Gasteiger partial charge in [0.25, 0.3) is 0 Å². The van der Waals surface area contributed by atoms with Gasteiger partial charge in [0.05, 0.1) is 13.2 Å². The standard InChI is InChI=1S/C21H24O3/c1-16-9-10-20(13-17(16)2)21(15-24-18(3)22)11-12-23-14-19-7-5-4-6-8-19/h4-11,13H,12,14-15H2,1-3H3/b21-11+. The highest BCUT2D eigenvalue weighted by atomic mass is 16.5. The van der Waals surface area contributed by atoms with Crippen LogP contribution in [0.4, 0.5) is 0 Å². The van der Waals surface area contributed by atoms with Gasteiger partial charge in [0.15, 0.2) is 0 Å². The van der Waals surface area contributed by atoms with Crippen molar-refractivity contribution in [3.8, 4) is 0 Å². The Morgan fingerprint density at radius 1 is 1.04 bits per heavy atom. The first-order valence-corrected chi connectivity index (χ1v) is 8.08. The summed E-state index contributed by atoms with van der Waals surface area (Å²) >= 11 is 0. The first kappa shape index (κ1) is 18.0. The highest BCUT2D eigenvalue weighted by Gasteiger charge is 2.06. The lowest BCUT2D eigenvalue weighted by Crippen LogP contribution is -2.04. The van der Waals surface area contributed by atoms with Crippen molar-refractivity contribution in [1.82, 2.24) is 0 Å². The Morgan fingerprint density at radius 3 is 2.46 bits per heavy atom. The van der Waals surface area contributed by atoms with E-state index in [1.165, 1.54) is 18.1 Å². The summed E-state index contributed by atoms with van der Waals surface area (Å²) in [5, 5.41) is 0. The fourth-order valence-electron chi connectivity index (χ4n) is 2.29. The minimum absolute atomic E-state index is 0.256. The van der Waals surface area contributed by atoms with Gasteiger partial charge in [0.2, 0.25) is 0 Å². The number of ether oxygens (including phenoxy) is 2. The van der Waals surface area contributed by atoms with Crippen molar-refractivity contribution < 1.29 is 14.3 Å². The molecule has 0 unspecified atom stereocenters. The lowest BCUT2D eigenvalue weighted by atomic mass is 10.0. The number of rotatable bonds is 7. The molecule has 0 spiro atoms. The Morgan fingerprint density at radius 2 is 1.79 bits per heavy atom. The number of aryl methyl sites for hydroxylation is 2. The maximum absolute atomic E-state index is 11.1. The van der Waals surface area contributed by atoms with Crippen LogP contribution in [0.3, 0.4) is 0 Å². The van der Waals surface area contributed by atoms with Crippen molar-refractivity contribution in [3.05, 3.63) is 76.9 Å². The van der Waals surface area contributed by atoms with Crippen molar-refractivity contribution in [2.75, 3.05) is 13.2 Å². The number of benzene rings is 2. The summed E-state index contributed by atoms with van der Waals surface area (Å²) < 4.78 is 10.9. The lowest BCUT2D eigenvalue weighted by molar-refractivity contribution is -0.139. The van der Waals surface area contributed by atoms with Gasteiger partial charge < -0.3 is 9.47 Å². The minimum Gasteiger partial charge on any atom is -0.461 e. The number of carbonyl (C=O) groups is 1. The van der Waals surface area contributed by atoms with E-state index in [0.717, 1.165) is 16.7 Å². The smallest absolute Gasteiger partial charge is 0.302 e. The molecule has 0 saturated carbocycles. The van der Waals surface area contributed by atoms with Gasteiger partial charge >= 0.3 is 5.97 Å². The van der Waals surface area contributed by atoms with E-state index in [0.29, 0.717) is 13.2 Å². The lowest BCUT2D eigenvalue weighted by Gasteiger charge is -2.11. The molecule has 0 fully saturated rings. The second kappa shape index (κ2) is 9.04. The fraction of sp³-hybridized carbons (Fsp3) is 0.286. The van der Waals surface area contributed by atoms with Crippen molar-refractivity contribution in [2.24, 2.45) is 0 Å². The molecule has 2 aromatic carbocycles. The van der Waals surface area contributed by atoms with Crippen LogP contribution >= 0.6 is 0 Å². The molecule has 0 heterocycles. The molecule has 0 saturated heterocycles. The Balaban J connectivity index is 2.04. The zero-order chi connectivity index (χ0) is 17.4. The molecule has 0 atom stereocenters. The van der Waals surface area contributed by atoms with Gasteiger partial charge in [-0.15, -0.1) is 0 Å². The second-order valence-corrected chi connectivity index (χ2v) is 5.81. The Kier molecular flexibility index (Phi) is 6.76. The molecular formula is C21H24O3. The third-order valence-electron chi connectivity index (χ3n) is 3.87. The van der Waals surface area contributed by atoms with Crippen LogP contribution in [-0.2, 0) is 20.9 Å². The van der Waals surface area contributed by atoms with Gasteiger partial charge in [-0.2, -0.15) is 0 Å². The molecule has 0 aliphatic heterocycles. The van der Waals surface area contributed by atoms with E-state index < -0.39 is 0 Å². The monoisotopic (exact) mass is 324 g/mol. The van der Waals surface area contributed by atoms with E-state index in [9.17, 15) is 4.79 Å². The van der Waals surface area contributed by atoms with Gasteiger partial charge in [0, 0.05) is 6.92 Å². The van der Waals surface area contributed by atoms with Crippen molar-refractivity contribution in [3.63, 3.8) is 0 Å². The van der Waals surface area contributed by atoms with Crippen molar-refractivity contribution in [1.29, 1.82) is 0 Å². The third kappa shape index (κ3) is 5.67. The van der Waals surface area contributed by atoms with E-state index in [2.05, 4.69) is 32.0 Å². The highest BCUT2D eigenvalue weighted by Crippen LogP contribution is 2.19. The van der Waals surface area contributed by atoms with Crippen LogP contribution in [0.25, 0.3) is 5.57 Å². The van der Waals surface area contributed by atoms with Crippen LogP contribution < -0.4 is 0 Å². The Bertz CT molecular complexity index is 702. The van der Waals surface area contributed by atoms with E-state index in [4.69, 9.17) is 9.47 Å². The molecule has 0 N–H and O–H groups in total. The first-order valence-electron chi connectivity index (χ1n) is 8.08. The summed E-state index contributed by atoms with van der Waals surface area (Å²) in [6, 6.07) is 16.3. The molecule has 0 aliphatic rings. The molecule has 24 heavy (non-hydrogen) atoms. The molecule has 0 bridgehead atoms. The van der Waals surface area contributed by atoms with Crippen LogP contribution in [0.1, 0.15) is 29.2 Å². The summed E-state index contributed by atoms with van der Waals surface area (Å²) in [6.45, 7) is 6.87. The van der Waals surface area contributed by atoms with Crippen LogP contribution in [0.2, 0.25) is 0 Å². The SMILES string of the molecule is CC(=O)OC/C(=C\COCc1ccccc1)c1ccc(C)c(C)c1. The third-order valence-corrected chi connectivity index (χ3v) is 3.87. The molecule has 126 valence electrons. The molecule has 0 amide bonds. The molecule has 3 nitrogen and oxygen atoms in total. The van der Waals surface area contributed by atoms with E-state index in [1.807, 2.05) is 36.4 Å². The Hall–Kier alpha value is -2.39. The van der Waals surface area contributed by atoms with Gasteiger partial charge in [0.1, 0.15) is 6.61 Å². The van der Waals surface area contributed by atoms with Crippen LogP contribution in [-0.4, -0.2) is 19.2 Å². The summed E-state index contributed by atoms with van der Waals surface area (Å²) in [7, 11) is 0. The highest BCUT2D eigenvalue weighted by molar-refractivity contribution is 5.71. The zero-order valence-electron chi connectivity index (χ0n) is 14.5.